The highest BCUT2D eigenvalue weighted by Gasteiger charge is 2.36. The van der Waals surface area contributed by atoms with Crippen LogP contribution in [0.4, 0.5) is 5.95 Å². The molecule has 13 heteroatoms. The topological polar surface area (TPSA) is 143 Å². The van der Waals surface area contributed by atoms with Gasteiger partial charge >= 0.3 is 0 Å². The van der Waals surface area contributed by atoms with E-state index in [0.717, 1.165) is 18.4 Å². The third kappa shape index (κ3) is 6.40. The molecular weight excluding hydrogens is 498 g/mol. The summed E-state index contributed by atoms with van der Waals surface area (Å²) in [5.41, 5.74) is 1.36. The fourth-order valence-electron chi connectivity index (χ4n) is 3.99. The maximum atomic E-state index is 13.6. The molecule has 0 saturated carbocycles. The minimum absolute atomic E-state index is 0.0649. The molecule has 0 unspecified atom stereocenters. The molecule has 12 nitrogen and oxygen atoms in total. The number of aromatic nitrogens is 6. The van der Waals surface area contributed by atoms with Crippen molar-refractivity contribution in [3.63, 3.8) is 0 Å². The molecule has 3 atom stereocenters. The van der Waals surface area contributed by atoms with Crippen molar-refractivity contribution < 1.29 is 22.6 Å². The lowest BCUT2D eigenvalue weighted by molar-refractivity contribution is 0.00152. The fraction of sp³-hybridized carbons (Fsp3) is 0.542. The maximum absolute atomic E-state index is 13.6. The first-order valence-electron chi connectivity index (χ1n) is 12.2. The molecule has 0 aliphatic carbocycles. The number of aryl methyl sites for hydroxylation is 1. The summed E-state index contributed by atoms with van der Waals surface area (Å²) in [6, 6.07) is 5.27. The molecule has 1 N–H and O–H groups in total. The van der Waals surface area contributed by atoms with Gasteiger partial charge in [-0.2, -0.15) is 0 Å². The Morgan fingerprint density at radius 2 is 1.95 bits per heavy atom. The van der Waals surface area contributed by atoms with Crippen molar-refractivity contribution in [1.82, 2.24) is 29.7 Å². The zero-order valence-electron chi connectivity index (χ0n) is 21.7. The number of pyridine rings is 1. The molecule has 0 amide bonds. The molecule has 3 aromatic heterocycles. The number of hydrogen-bond donors (Lipinski definition) is 1. The van der Waals surface area contributed by atoms with Crippen LogP contribution in [0.5, 0.6) is 5.88 Å². The lowest BCUT2D eigenvalue weighted by Gasteiger charge is -2.25. The quantitative estimate of drug-likeness (QED) is 0.392. The number of rotatable bonds is 11. The number of nitrogens with zero attached hydrogens (tertiary/aromatic N) is 6. The van der Waals surface area contributed by atoms with E-state index in [2.05, 4.69) is 29.9 Å². The normalized spacial score (nSPS) is 17.6. The van der Waals surface area contributed by atoms with Gasteiger partial charge in [0.25, 0.3) is 0 Å². The predicted molar refractivity (Wildman–Crippen MR) is 137 cm³/mol. The Morgan fingerprint density at radius 3 is 2.59 bits per heavy atom. The van der Waals surface area contributed by atoms with Gasteiger partial charge in [0.2, 0.25) is 21.9 Å². The van der Waals surface area contributed by atoms with Gasteiger partial charge < -0.3 is 14.2 Å². The van der Waals surface area contributed by atoms with Crippen molar-refractivity contribution in [2.24, 2.45) is 0 Å². The van der Waals surface area contributed by atoms with Gasteiger partial charge in [-0.05, 0) is 52.2 Å². The molecule has 1 aliphatic heterocycles. The van der Waals surface area contributed by atoms with Crippen LogP contribution in [0, 0.1) is 6.92 Å². The zero-order valence-corrected chi connectivity index (χ0v) is 22.5. The Bertz CT molecular complexity index is 1290. The van der Waals surface area contributed by atoms with Crippen molar-refractivity contribution in [1.29, 1.82) is 0 Å². The molecule has 0 spiro atoms. The second kappa shape index (κ2) is 11.5. The minimum Gasteiger partial charge on any atom is -0.481 e. The van der Waals surface area contributed by atoms with E-state index in [4.69, 9.17) is 14.2 Å². The highest BCUT2D eigenvalue weighted by atomic mass is 32.2. The van der Waals surface area contributed by atoms with Gasteiger partial charge in [0, 0.05) is 25.1 Å². The molecule has 3 aromatic rings. The molecule has 0 aromatic carbocycles. The highest BCUT2D eigenvalue weighted by molar-refractivity contribution is 7.93. The summed E-state index contributed by atoms with van der Waals surface area (Å²) in [6.45, 7) is 8.10. The SMILES string of the molecule is COc1cccc(-c2nnc(NS(=O)(=O)[C@@H](C)[C@@H](OC(C)C)c3ncc(C)cn3)n2C[C@@H]2CCCO2)n1. The molecule has 1 aliphatic rings. The number of methoxy groups -OCH3 is 1. The summed E-state index contributed by atoms with van der Waals surface area (Å²) in [6.07, 6.45) is 3.81. The van der Waals surface area contributed by atoms with Crippen LogP contribution in [-0.4, -0.2) is 69.3 Å². The average molecular weight is 532 g/mol. The minimum atomic E-state index is -4.02. The molecule has 0 bridgehead atoms. The summed E-state index contributed by atoms with van der Waals surface area (Å²) in [5, 5.41) is 7.40. The van der Waals surface area contributed by atoms with Crippen molar-refractivity contribution in [3.05, 3.63) is 42.0 Å². The summed E-state index contributed by atoms with van der Waals surface area (Å²) in [4.78, 5) is 13.1. The largest absolute Gasteiger partial charge is 0.481 e. The van der Waals surface area contributed by atoms with E-state index in [1.54, 1.807) is 42.1 Å². The van der Waals surface area contributed by atoms with E-state index in [1.165, 1.54) is 7.11 Å². The Hall–Kier alpha value is -3.16. The fourth-order valence-corrected chi connectivity index (χ4v) is 5.10. The van der Waals surface area contributed by atoms with Gasteiger partial charge in [0.05, 0.1) is 25.9 Å². The van der Waals surface area contributed by atoms with Crippen LogP contribution < -0.4 is 9.46 Å². The number of nitrogens with one attached hydrogen (secondary N) is 1. The molecule has 37 heavy (non-hydrogen) atoms. The zero-order chi connectivity index (χ0) is 26.6. The number of ether oxygens (including phenoxy) is 3. The van der Waals surface area contributed by atoms with Crippen molar-refractivity contribution in [2.45, 2.75) is 70.6 Å². The Labute approximate surface area is 216 Å². The van der Waals surface area contributed by atoms with E-state index >= 15 is 0 Å². The van der Waals surface area contributed by atoms with Crippen LogP contribution in [0.15, 0.2) is 30.6 Å². The van der Waals surface area contributed by atoms with E-state index in [1.807, 2.05) is 20.8 Å². The van der Waals surface area contributed by atoms with E-state index < -0.39 is 21.4 Å². The Kier molecular flexibility index (Phi) is 8.35. The second-order valence-corrected chi connectivity index (χ2v) is 11.3. The van der Waals surface area contributed by atoms with Crippen molar-refractivity contribution >= 4 is 16.0 Å². The van der Waals surface area contributed by atoms with Crippen LogP contribution in [0.2, 0.25) is 0 Å². The molecule has 1 saturated heterocycles. The number of sulfonamides is 1. The predicted octanol–water partition coefficient (Wildman–Crippen LogP) is 2.92. The average Bonchev–Trinajstić information content (AvgIpc) is 3.53. The lowest BCUT2D eigenvalue weighted by Crippen LogP contribution is -2.35. The van der Waals surface area contributed by atoms with E-state index in [-0.39, 0.29) is 18.2 Å². The van der Waals surface area contributed by atoms with Gasteiger partial charge in [-0.15, -0.1) is 10.2 Å². The second-order valence-electron chi connectivity index (χ2n) is 9.23. The molecule has 200 valence electrons. The van der Waals surface area contributed by atoms with E-state index in [0.29, 0.717) is 36.4 Å². The molecule has 4 rings (SSSR count). The first-order valence-corrected chi connectivity index (χ1v) is 13.7. The van der Waals surface area contributed by atoms with Gasteiger partial charge in [-0.25, -0.2) is 23.4 Å². The van der Waals surface area contributed by atoms with Gasteiger partial charge in [0.15, 0.2) is 11.6 Å². The van der Waals surface area contributed by atoms with Crippen LogP contribution in [0.25, 0.3) is 11.5 Å². The summed E-state index contributed by atoms with van der Waals surface area (Å²) >= 11 is 0. The third-order valence-electron chi connectivity index (χ3n) is 5.95. The smallest absolute Gasteiger partial charge is 0.240 e. The van der Waals surface area contributed by atoms with Crippen LogP contribution in [-0.2, 0) is 26.0 Å². The highest BCUT2D eigenvalue weighted by Crippen LogP contribution is 2.28. The standard InChI is InChI=1S/C24H33N7O5S/c1-15(2)36-21(22-25-12-16(3)13-26-22)17(4)37(32,33)30-24-29-28-23(19-9-6-10-20(27-19)34-5)31(24)14-18-8-7-11-35-18/h6,9-10,12-13,15,17-18,21H,7-8,11,14H2,1-5H3,(H,29,30)/t17-,18-,21+/m0/s1. The third-order valence-corrected chi connectivity index (χ3v) is 7.64. The van der Waals surface area contributed by atoms with Gasteiger partial charge in [-0.1, -0.05) is 6.07 Å². The Morgan fingerprint density at radius 1 is 1.19 bits per heavy atom. The van der Waals surface area contributed by atoms with Crippen LogP contribution in [0.1, 0.15) is 51.1 Å². The monoisotopic (exact) mass is 531 g/mol. The summed E-state index contributed by atoms with van der Waals surface area (Å²) < 4.78 is 48.5. The van der Waals surface area contributed by atoms with E-state index in [9.17, 15) is 8.42 Å². The van der Waals surface area contributed by atoms with Gasteiger partial charge in [-0.3, -0.25) is 9.29 Å². The maximum Gasteiger partial charge on any atom is 0.240 e. The summed E-state index contributed by atoms with van der Waals surface area (Å²) in [5.74, 6) is 1.16. The first-order chi connectivity index (χ1) is 17.7. The van der Waals surface area contributed by atoms with Crippen LogP contribution >= 0.6 is 0 Å². The summed E-state index contributed by atoms with van der Waals surface area (Å²) in [7, 11) is -2.49. The lowest BCUT2D eigenvalue weighted by atomic mass is 10.2. The van der Waals surface area contributed by atoms with Crippen molar-refractivity contribution in [2.75, 3.05) is 18.4 Å². The molecule has 0 radical (unpaired) electrons. The number of hydrogen-bond acceptors (Lipinski definition) is 10. The molecule has 1 fully saturated rings. The molecular formula is C24H33N7O5S. The van der Waals surface area contributed by atoms with Crippen molar-refractivity contribution in [3.8, 4) is 17.4 Å². The van der Waals surface area contributed by atoms with Gasteiger partial charge in [0.1, 0.15) is 17.0 Å². The first kappa shape index (κ1) is 26.9. The van der Waals surface area contributed by atoms with Crippen LogP contribution in [0.3, 0.4) is 0 Å². The Balaban J connectivity index is 1.67. The molecule has 4 heterocycles. The number of anilines is 1.